The molecule has 0 bridgehead atoms. The minimum absolute atomic E-state index is 0.937. The zero-order chi connectivity index (χ0) is 12.5. The first kappa shape index (κ1) is 11.7. The minimum atomic E-state index is 0.937. The van der Waals surface area contributed by atoms with Crippen molar-refractivity contribution in [2.24, 2.45) is 0 Å². The summed E-state index contributed by atoms with van der Waals surface area (Å²) >= 11 is 3.59. The van der Waals surface area contributed by atoms with Gasteiger partial charge in [-0.3, -0.25) is 0 Å². The molecule has 0 saturated heterocycles. The molecule has 92 valence electrons. The van der Waals surface area contributed by atoms with Gasteiger partial charge in [0, 0.05) is 29.0 Å². The third-order valence-corrected chi connectivity index (χ3v) is 3.95. The van der Waals surface area contributed by atoms with Gasteiger partial charge in [0.2, 0.25) is 0 Å². The van der Waals surface area contributed by atoms with Gasteiger partial charge >= 0.3 is 0 Å². The van der Waals surface area contributed by atoms with E-state index in [1.165, 1.54) is 34.6 Å². The molecular weight excluding hydrogens is 288 g/mol. The van der Waals surface area contributed by atoms with E-state index in [1.807, 2.05) is 6.20 Å². The molecule has 0 aliphatic rings. The number of rotatable bonds is 3. The summed E-state index contributed by atoms with van der Waals surface area (Å²) < 4.78 is 3.32. The van der Waals surface area contributed by atoms with Crippen molar-refractivity contribution >= 4 is 37.7 Å². The second-order valence-corrected chi connectivity index (χ2v) is 5.27. The van der Waals surface area contributed by atoms with Crippen LogP contribution < -0.4 is 0 Å². The number of aryl methyl sites for hydroxylation is 1. The highest BCUT2D eigenvalue weighted by molar-refractivity contribution is 9.10. The maximum Gasteiger partial charge on any atom is 0.130 e. The van der Waals surface area contributed by atoms with E-state index < -0.39 is 0 Å². The lowest BCUT2D eigenvalue weighted by molar-refractivity contribution is 0.663. The zero-order valence-electron chi connectivity index (χ0n) is 10.4. The zero-order valence-corrected chi connectivity index (χ0v) is 11.9. The van der Waals surface area contributed by atoms with Gasteiger partial charge in [0.15, 0.2) is 0 Å². The fourth-order valence-electron chi connectivity index (χ4n) is 2.51. The molecule has 0 radical (unpaired) electrons. The Morgan fingerprint density at radius 3 is 2.83 bits per heavy atom. The van der Waals surface area contributed by atoms with Crippen molar-refractivity contribution in [3.8, 4) is 0 Å². The molecule has 0 saturated carbocycles. The van der Waals surface area contributed by atoms with E-state index in [9.17, 15) is 0 Å². The lowest BCUT2D eigenvalue weighted by atomic mass is 10.2. The van der Waals surface area contributed by atoms with Crippen LogP contribution in [0.4, 0.5) is 0 Å². The van der Waals surface area contributed by atoms with E-state index in [0.717, 1.165) is 11.1 Å². The van der Waals surface area contributed by atoms with Gasteiger partial charge < -0.3 is 4.57 Å². The molecule has 2 nitrogen and oxygen atoms in total. The van der Waals surface area contributed by atoms with Gasteiger partial charge in [-0.25, -0.2) is 4.98 Å². The Labute approximate surface area is 115 Å². The predicted molar refractivity (Wildman–Crippen MR) is 79.8 cm³/mol. The summed E-state index contributed by atoms with van der Waals surface area (Å²) in [5, 5.41) is 2.59. The average molecular weight is 303 g/mol. The number of unbranched alkanes of at least 4 members (excludes halogenated alkanes) is 1. The van der Waals surface area contributed by atoms with Crippen molar-refractivity contribution in [3.63, 3.8) is 0 Å². The molecule has 3 aromatic rings. The first-order valence-electron chi connectivity index (χ1n) is 6.34. The van der Waals surface area contributed by atoms with Crippen LogP contribution in [0, 0.1) is 0 Å². The number of halogens is 1. The summed E-state index contributed by atoms with van der Waals surface area (Å²) in [6.45, 7) is 3.27. The Balaban J connectivity index is 2.39. The van der Waals surface area contributed by atoms with E-state index in [-0.39, 0.29) is 0 Å². The fourth-order valence-corrected chi connectivity index (χ4v) is 3.05. The molecule has 0 atom stereocenters. The van der Waals surface area contributed by atoms with Gasteiger partial charge in [-0.2, -0.15) is 0 Å². The van der Waals surface area contributed by atoms with Crippen LogP contribution in [0.1, 0.15) is 19.8 Å². The van der Waals surface area contributed by atoms with E-state index in [0.29, 0.717) is 0 Å². The van der Waals surface area contributed by atoms with Gasteiger partial charge in [-0.1, -0.05) is 31.5 Å². The van der Waals surface area contributed by atoms with Crippen molar-refractivity contribution in [1.82, 2.24) is 9.55 Å². The van der Waals surface area contributed by atoms with Gasteiger partial charge in [0.25, 0.3) is 0 Å². The van der Waals surface area contributed by atoms with Crippen molar-refractivity contribution in [2.45, 2.75) is 26.3 Å². The quantitative estimate of drug-likeness (QED) is 0.638. The van der Waals surface area contributed by atoms with Gasteiger partial charge in [-0.15, -0.1) is 0 Å². The Morgan fingerprint density at radius 1 is 1.17 bits per heavy atom. The molecule has 18 heavy (non-hydrogen) atoms. The van der Waals surface area contributed by atoms with E-state index in [4.69, 9.17) is 0 Å². The number of nitrogens with zero attached hydrogens (tertiary/aromatic N) is 2. The molecule has 0 spiro atoms. The summed E-state index contributed by atoms with van der Waals surface area (Å²) in [5.74, 6) is 0. The number of hydrogen-bond acceptors (Lipinski definition) is 1. The molecule has 0 aliphatic heterocycles. The number of hydrogen-bond donors (Lipinski definition) is 0. The second kappa shape index (κ2) is 4.73. The lowest BCUT2D eigenvalue weighted by Crippen LogP contribution is -1.98. The van der Waals surface area contributed by atoms with Crippen molar-refractivity contribution in [1.29, 1.82) is 0 Å². The smallest absolute Gasteiger partial charge is 0.130 e. The van der Waals surface area contributed by atoms with E-state index in [1.54, 1.807) is 0 Å². The standard InChI is InChI=1S/C15H15BrN2/c1-2-3-10-18-13-7-5-4-6-11(13)12-8-9-17-15(16)14(12)18/h4-9H,2-3,10H2,1H3. The van der Waals surface area contributed by atoms with Gasteiger partial charge in [0.05, 0.1) is 5.52 Å². The van der Waals surface area contributed by atoms with Crippen LogP contribution in [-0.2, 0) is 6.54 Å². The highest BCUT2D eigenvalue weighted by Gasteiger charge is 2.12. The summed E-state index contributed by atoms with van der Waals surface area (Å²) in [7, 11) is 0. The van der Waals surface area contributed by atoms with Gasteiger partial charge in [-0.05, 0) is 34.5 Å². The monoisotopic (exact) mass is 302 g/mol. The average Bonchev–Trinajstić information content (AvgIpc) is 2.72. The lowest BCUT2D eigenvalue weighted by Gasteiger charge is -2.06. The first-order valence-corrected chi connectivity index (χ1v) is 7.13. The summed E-state index contributed by atoms with van der Waals surface area (Å²) in [6.07, 6.45) is 4.25. The molecule has 0 unspecified atom stereocenters. The number of pyridine rings is 1. The van der Waals surface area contributed by atoms with E-state index >= 15 is 0 Å². The van der Waals surface area contributed by atoms with E-state index in [2.05, 4.69) is 62.7 Å². The maximum atomic E-state index is 4.37. The Bertz CT molecular complexity index is 700. The van der Waals surface area contributed by atoms with Crippen molar-refractivity contribution in [3.05, 3.63) is 41.1 Å². The SMILES string of the molecule is CCCCn1c2ccccc2c2ccnc(Br)c21. The molecule has 3 rings (SSSR count). The van der Waals surface area contributed by atoms with Crippen LogP contribution in [0.2, 0.25) is 0 Å². The van der Waals surface area contributed by atoms with Crippen LogP contribution in [0.3, 0.4) is 0 Å². The molecule has 0 N–H and O–H groups in total. The normalized spacial score (nSPS) is 11.4. The summed E-state index contributed by atoms with van der Waals surface area (Å²) in [4.78, 5) is 4.37. The topological polar surface area (TPSA) is 17.8 Å². The van der Waals surface area contributed by atoms with Crippen LogP contribution >= 0.6 is 15.9 Å². The van der Waals surface area contributed by atoms with Crippen LogP contribution in [0.25, 0.3) is 21.8 Å². The van der Waals surface area contributed by atoms with Crippen LogP contribution in [-0.4, -0.2) is 9.55 Å². The number of fused-ring (bicyclic) bond motifs is 3. The predicted octanol–water partition coefficient (Wildman–Crippen LogP) is 4.75. The van der Waals surface area contributed by atoms with Crippen LogP contribution in [0.5, 0.6) is 0 Å². The number of para-hydroxylation sites is 1. The van der Waals surface area contributed by atoms with Crippen LogP contribution in [0.15, 0.2) is 41.1 Å². The minimum Gasteiger partial charge on any atom is -0.338 e. The number of benzene rings is 1. The molecular formula is C15H15BrN2. The second-order valence-electron chi connectivity index (χ2n) is 4.52. The summed E-state index contributed by atoms with van der Waals surface area (Å²) in [6, 6.07) is 10.7. The molecule has 0 fully saturated rings. The number of aromatic nitrogens is 2. The molecule has 2 aromatic heterocycles. The summed E-state index contributed by atoms with van der Waals surface area (Å²) in [5.41, 5.74) is 2.52. The molecule has 3 heteroatoms. The Kier molecular flexibility index (Phi) is 3.08. The highest BCUT2D eigenvalue weighted by Crippen LogP contribution is 2.32. The highest BCUT2D eigenvalue weighted by atomic mass is 79.9. The molecule has 0 aliphatic carbocycles. The van der Waals surface area contributed by atoms with Crippen molar-refractivity contribution < 1.29 is 0 Å². The maximum absolute atomic E-state index is 4.37. The fraction of sp³-hybridized carbons (Fsp3) is 0.267. The first-order chi connectivity index (χ1) is 8.83. The van der Waals surface area contributed by atoms with Gasteiger partial charge in [0.1, 0.15) is 4.60 Å². The molecule has 0 amide bonds. The molecule has 2 heterocycles. The molecule has 1 aromatic carbocycles. The van der Waals surface area contributed by atoms with Crippen molar-refractivity contribution in [2.75, 3.05) is 0 Å². The Hall–Kier alpha value is -1.35. The largest absolute Gasteiger partial charge is 0.338 e. The third-order valence-electron chi connectivity index (χ3n) is 3.37. The third kappa shape index (κ3) is 1.74. The Morgan fingerprint density at radius 2 is 2.00 bits per heavy atom.